The molecule has 0 aromatic rings. The fourth-order valence-corrected chi connectivity index (χ4v) is 0.414. The molecule has 0 aromatic heterocycles. The van der Waals surface area contributed by atoms with Gasteiger partial charge in [0.05, 0.1) is 0 Å². The number of nitrogens with zero attached hydrogens (tertiary/aromatic N) is 2. The van der Waals surface area contributed by atoms with Crippen LogP contribution >= 0.6 is 0 Å². The van der Waals surface area contributed by atoms with E-state index in [9.17, 15) is 4.79 Å². The summed E-state index contributed by atoms with van der Waals surface area (Å²) in [4.78, 5) is 9.99. The van der Waals surface area contributed by atoms with Gasteiger partial charge in [0.15, 0.2) is 0 Å². The Morgan fingerprint density at radius 2 is 2.20 bits per heavy atom. The van der Waals surface area contributed by atoms with Crippen molar-refractivity contribution < 1.29 is 4.79 Å². The molecule has 0 N–H and O–H groups in total. The molecule has 58 valence electrons. The molecular weight excluding hydrogens is 128 g/mol. The average molecular weight is 142 g/mol. The normalized spacial score (nSPS) is 10.8. The quantitative estimate of drug-likeness (QED) is 0.329. The average Bonchev–Trinajstić information content (AvgIpc) is 1.87. The number of carbonyl (C=O) groups is 1. The van der Waals surface area contributed by atoms with E-state index in [1.54, 1.807) is 13.3 Å². The highest BCUT2D eigenvalue weighted by Gasteiger charge is 1.88. The van der Waals surface area contributed by atoms with Gasteiger partial charge in [0.2, 0.25) is 6.41 Å². The van der Waals surface area contributed by atoms with Crippen LogP contribution in [0.1, 0.15) is 20.3 Å². The van der Waals surface area contributed by atoms with Crippen molar-refractivity contribution in [3.63, 3.8) is 0 Å². The van der Waals surface area contributed by atoms with Gasteiger partial charge < -0.3 is 0 Å². The van der Waals surface area contributed by atoms with E-state index >= 15 is 0 Å². The van der Waals surface area contributed by atoms with Gasteiger partial charge in [-0.05, 0) is 12.3 Å². The standard InChI is InChI=1S/C7H14N2O/c1-7(2)4-5-8-9(3)6-10/h5-7H,4H2,1-3H3. The third-order valence-corrected chi connectivity index (χ3v) is 0.993. The van der Waals surface area contributed by atoms with Crippen molar-refractivity contribution in [3.05, 3.63) is 0 Å². The Hall–Kier alpha value is -0.860. The Morgan fingerprint density at radius 1 is 1.60 bits per heavy atom. The maximum Gasteiger partial charge on any atom is 0.229 e. The van der Waals surface area contributed by atoms with E-state index in [0.29, 0.717) is 12.3 Å². The summed E-state index contributed by atoms with van der Waals surface area (Å²) in [6.45, 7) is 4.21. The first kappa shape index (κ1) is 9.14. The number of hydrazone groups is 1. The SMILES string of the molecule is CC(C)CC=NN(C)C=O. The van der Waals surface area contributed by atoms with Crippen molar-refractivity contribution in [1.82, 2.24) is 5.01 Å². The van der Waals surface area contributed by atoms with Crippen LogP contribution in [-0.4, -0.2) is 24.7 Å². The fourth-order valence-electron chi connectivity index (χ4n) is 0.414. The molecule has 0 atom stereocenters. The molecule has 0 aliphatic rings. The minimum atomic E-state index is 0.601. The smallest absolute Gasteiger partial charge is 0.229 e. The van der Waals surface area contributed by atoms with Gasteiger partial charge in [-0.3, -0.25) is 4.79 Å². The lowest BCUT2D eigenvalue weighted by atomic mass is 10.2. The van der Waals surface area contributed by atoms with Crippen molar-refractivity contribution in [2.75, 3.05) is 7.05 Å². The van der Waals surface area contributed by atoms with Crippen molar-refractivity contribution in [3.8, 4) is 0 Å². The lowest BCUT2D eigenvalue weighted by Crippen LogP contribution is -2.07. The highest BCUT2D eigenvalue weighted by molar-refractivity contribution is 5.59. The van der Waals surface area contributed by atoms with Gasteiger partial charge in [-0.1, -0.05) is 13.8 Å². The zero-order valence-electron chi connectivity index (χ0n) is 6.74. The Kier molecular flexibility index (Phi) is 4.54. The van der Waals surface area contributed by atoms with Crippen molar-refractivity contribution >= 4 is 12.6 Å². The third-order valence-electron chi connectivity index (χ3n) is 0.993. The lowest BCUT2D eigenvalue weighted by Gasteiger charge is -2.01. The van der Waals surface area contributed by atoms with Gasteiger partial charge in [0.1, 0.15) is 0 Å². The molecule has 0 heterocycles. The third kappa shape index (κ3) is 5.28. The maximum absolute atomic E-state index is 9.99. The molecule has 0 fully saturated rings. The topological polar surface area (TPSA) is 32.7 Å². The van der Waals surface area contributed by atoms with Gasteiger partial charge in [-0.2, -0.15) is 5.10 Å². The Bertz CT molecular complexity index is 121. The number of hydrogen-bond acceptors (Lipinski definition) is 2. The summed E-state index contributed by atoms with van der Waals surface area (Å²) in [7, 11) is 1.61. The predicted molar refractivity (Wildman–Crippen MR) is 41.8 cm³/mol. The first-order valence-electron chi connectivity index (χ1n) is 3.37. The highest BCUT2D eigenvalue weighted by atomic mass is 16.1. The summed E-state index contributed by atoms with van der Waals surface area (Å²) in [5.41, 5.74) is 0. The first-order chi connectivity index (χ1) is 4.66. The molecule has 0 unspecified atom stereocenters. The van der Waals surface area contributed by atoms with E-state index in [1.807, 2.05) is 0 Å². The molecule has 0 rings (SSSR count). The van der Waals surface area contributed by atoms with Crippen LogP contribution < -0.4 is 0 Å². The second-order valence-electron chi connectivity index (χ2n) is 2.61. The Balaban J connectivity index is 3.45. The van der Waals surface area contributed by atoms with E-state index in [1.165, 1.54) is 5.01 Å². The van der Waals surface area contributed by atoms with E-state index in [4.69, 9.17) is 0 Å². The largest absolute Gasteiger partial charge is 0.277 e. The number of amides is 1. The summed E-state index contributed by atoms with van der Waals surface area (Å²) >= 11 is 0. The number of hydrogen-bond donors (Lipinski definition) is 0. The molecule has 0 bridgehead atoms. The molecule has 0 aromatic carbocycles. The van der Waals surface area contributed by atoms with Crippen LogP contribution in [0.5, 0.6) is 0 Å². The minimum Gasteiger partial charge on any atom is -0.277 e. The van der Waals surface area contributed by atoms with E-state index in [-0.39, 0.29) is 0 Å². The predicted octanol–water partition coefficient (Wildman–Crippen LogP) is 1.11. The zero-order chi connectivity index (χ0) is 7.98. The van der Waals surface area contributed by atoms with Crippen LogP contribution in [0.15, 0.2) is 5.10 Å². The van der Waals surface area contributed by atoms with Gasteiger partial charge in [-0.15, -0.1) is 0 Å². The van der Waals surface area contributed by atoms with Gasteiger partial charge in [-0.25, -0.2) is 5.01 Å². The number of carbonyl (C=O) groups excluding carboxylic acids is 1. The number of rotatable bonds is 4. The van der Waals surface area contributed by atoms with Gasteiger partial charge in [0, 0.05) is 13.3 Å². The van der Waals surface area contributed by atoms with Crippen LogP contribution in [0.4, 0.5) is 0 Å². The summed E-state index contributed by atoms with van der Waals surface area (Å²) in [6.07, 6.45) is 3.34. The van der Waals surface area contributed by atoms with Crippen molar-refractivity contribution in [2.45, 2.75) is 20.3 Å². The van der Waals surface area contributed by atoms with Crippen LogP contribution in [0, 0.1) is 5.92 Å². The molecule has 0 aliphatic heterocycles. The molecule has 0 spiro atoms. The van der Waals surface area contributed by atoms with Crippen molar-refractivity contribution in [1.29, 1.82) is 0 Å². The molecule has 0 saturated heterocycles. The summed E-state index contributed by atoms with van der Waals surface area (Å²) in [5, 5.41) is 5.08. The van der Waals surface area contributed by atoms with Crippen LogP contribution in [0.25, 0.3) is 0 Å². The molecule has 10 heavy (non-hydrogen) atoms. The minimum absolute atomic E-state index is 0.601. The van der Waals surface area contributed by atoms with Crippen molar-refractivity contribution in [2.24, 2.45) is 11.0 Å². The molecule has 3 nitrogen and oxygen atoms in total. The molecule has 0 radical (unpaired) electrons. The highest BCUT2D eigenvalue weighted by Crippen LogP contribution is 1.94. The maximum atomic E-state index is 9.99. The molecule has 0 aliphatic carbocycles. The van der Waals surface area contributed by atoms with Crippen LogP contribution in [-0.2, 0) is 4.79 Å². The molecule has 1 amide bonds. The van der Waals surface area contributed by atoms with Crippen LogP contribution in [0.3, 0.4) is 0 Å². The summed E-state index contributed by atoms with van der Waals surface area (Å²) in [5.74, 6) is 0.601. The monoisotopic (exact) mass is 142 g/mol. The Morgan fingerprint density at radius 3 is 2.60 bits per heavy atom. The van der Waals surface area contributed by atoms with Gasteiger partial charge >= 0.3 is 0 Å². The van der Waals surface area contributed by atoms with Crippen LogP contribution in [0.2, 0.25) is 0 Å². The zero-order valence-corrected chi connectivity index (χ0v) is 6.74. The molecule has 3 heteroatoms. The second kappa shape index (κ2) is 4.97. The lowest BCUT2D eigenvalue weighted by molar-refractivity contribution is -0.116. The molecular formula is C7H14N2O. The molecule has 0 saturated carbocycles. The summed E-state index contributed by atoms with van der Waals surface area (Å²) < 4.78 is 0. The van der Waals surface area contributed by atoms with E-state index < -0.39 is 0 Å². The Labute approximate surface area is 61.7 Å². The summed E-state index contributed by atoms with van der Waals surface area (Å²) in [6, 6.07) is 0. The fraction of sp³-hybridized carbons (Fsp3) is 0.714. The van der Waals surface area contributed by atoms with Gasteiger partial charge in [0.25, 0.3) is 0 Å². The first-order valence-corrected chi connectivity index (χ1v) is 3.37. The van der Waals surface area contributed by atoms with E-state index in [0.717, 1.165) is 6.42 Å². The van der Waals surface area contributed by atoms with E-state index in [2.05, 4.69) is 18.9 Å². The second-order valence-corrected chi connectivity index (χ2v) is 2.61.